The van der Waals surface area contributed by atoms with Crippen molar-refractivity contribution < 1.29 is 26.8 Å². The molecule has 0 saturated carbocycles. The number of amides is 1. The molecule has 0 spiro atoms. The highest BCUT2D eigenvalue weighted by Gasteiger charge is 2.31. The fraction of sp³-hybridized carbons (Fsp3) is 0.174. The van der Waals surface area contributed by atoms with Gasteiger partial charge in [0, 0.05) is 23.2 Å². The highest BCUT2D eigenvalue weighted by atomic mass is 19.4. The van der Waals surface area contributed by atoms with Crippen LogP contribution in [0.2, 0.25) is 0 Å². The average Bonchev–Trinajstić information content (AvgIpc) is 3.42. The van der Waals surface area contributed by atoms with Crippen LogP contribution in [0.25, 0.3) is 33.3 Å². The molecule has 0 unspecified atom stereocenters. The number of rotatable bonds is 4. The number of carbonyl (C=O) groups is 1. The molecule has 3 N–H and O–H groups in total. The van der Waals surface area contributed by atoms with E-state index in [1.54, 1.807) is 4.68 Å². The lowest BCUT2D eigenvalue weighted by Crippen LogP contribution is -2.14. The van der Waals surface area contributed by atoms with Crippen LogP contribution in [-0.4, -0.2) is 30.6 Å². The Balaban J connectivity index is 1.55. The summed E-state index contributed by atoms with van der Waals surface area (Å²) in [6.07, 6.45) is -1.37. The Morgan fingerprint density at radius 3 is 2.67 bits per heavy atom. The van der Waals surface area contributed by atoms with Crippen LogP contribution in [0.1, 0.15) is 35.8 Å². The van der Waals surface area contributed by atoms with Gasteiger partial charge >= 0.3 is 6.18 Å². The highest BCUT2D eigenvalue weighted by Crippen LogP contribution is 2.37. The number of alkyl halides is 3. The number of halogens is 4. The van der Waals surface area contributed by atoms with Crippen LogP contribution in [0.4, 0.5) is 29.2 Å². The van der Waals surface area contributed by atoms with Gasteiger partial charge in [-0.2, -0.15) is 18.3 Å². The van der Waals surface area contributed by atoms with Crippen LogP contribution in [0.3, 0.4) is 0 Å². The lowest BCUT2D eigenvalue weighted by atomic mass is 10.0. The van der Waals surface area contributed by atoms with E-state index in [9.17, 15) is 18.0 Å². The molecule has 4 heterocycles. The second-order valence-corrected chi connectivity index (χ2v) is 8.18. The molecule has 0 atom stereocenters. The van der Waals surface area contributed by atoms with Crippen molar-refractivity contribution in [3.8, 4) is 11.3 Å². The molecule has 184 valence electrons. The van der Waals surface area contributed by atoms with Crippen molar-refractivity contribution in [1.29, 1.82) is 0 Å². The third-order valence-electron chi connectivity index (χ3n) is 5.52. The van der Waals surface area contributed by atoms with E-state index < -0.39 is 23.5 Å². The van der Waals surface area contributed by atoms with Crippen molar-refractivity contribution in [2.75, 3.05) is 11.1 Å². The Bertz CT molecular complexity index is 1640. The van der Waals surface area contributed by atoms with E-state index in [1.165, 1.54) is 18.5 Å². The topological polar surface area (TPSA) is 125 Å². The largest absolute Gasteiger partial charge is 0.460 e. The lowest BCUT2D eigenvalue weighted by molar-refractivity contribution is -0.137. The Morgan fingerprint density at radius 1 is 1.17 bits per heavy atom. The number of benzene rings is 1. The number of hydrogen-bond acceptors (Lipinski definition) is 7. The molecular formula is C23H17F4N7O2. The van der Waals surface area contributed by atoms with Gasteiger partial charge in [0.15, 0.2) is 17.0 Å². The molecule has 0 aliphatic rings. The molecule has 0 saturated heterocycles. The number of aromatic nitrogens is 5. The van der Waals surface area contributed by atoms with Gasteiger partial charge in [-0.15, -0.1) is 0 Å². The van der Waals surface area contributed by atoms with Crippen molar-refractivity contribution >= 4 is 39.5 Å². The van der Waals surface area contributed by atoms with E-state index in [4.69, 9.17) is 10.2 Å². The van der Waals surface area contributed by atoms with Gasteiger partial charge in [-0.05, 0) is 38.1 Å². The second-order valence-electron chi connectivity index (χ2n) is 8.18. The first-order valence-electron chi connectivity index (χ1n) is 10.6. The Labute approximate surface area is 200 Å². The summed E-state index contributed by atoms with van der Waals surface area (Å²) in [5, 5.41) is 7.24. The summed E-state index contributed by atoms with van der Waals surface area (Å²) in [5.41, 5.74) is 5.43. The molecule has 0 bridgehead atoms. The minimum absolute atomic E-state index is 0.0502. The zero-order chi connectivity index (χ0) is 25.8. The maximum atomic E-state index is 15.6. The van der Waals surface area contributed by atoms with Crippen molar-refractivity contribution in [2.45, 2.75) is 26.1 Å². The standard InChI is InChI=1S/C23H17F4N7O2/c1-10(2)34-21-16(20(28)30-9-31-21)18(33-34)13-4-3-12-14(8-36-19(12)17(13)24)22(35)32-15-7-11(5-6-29-15)23(25,26)27/h3-10H,1-2H3,(H2,28,30,31)(H,29,32,35). The predicted molar refractivity (Wildman–Crippen MR) is 122 cm³/mol. The highest BCUT2D eigenvalue weighted by molar-refractivity contribution is 6.12. The number of fused-ring (bicyclic) bond motifs is 2. The van der Waals surface area contributed by atoms with E-state index in [2.05, 4.69) is 25.4 Å². The minimum Gasteiger partial charge on any atom is -0.460 e. The van der Waals surface area contributed by atoms with Gasteiger partial charge in [0.2, 0.25) is 0 Å². The van der Waals surface area contributed by atoms with Crippen molar-refractivity contribution in [3.05, 3.63) is 60.0 Å². The third kappa shape index (κ3) is 3.78. The molecule has 1 amide bonds. The van der Waals surface area contributed by atoms with Crippen LogP contribution in [0.15, 0.2) is 47.5 Å². The van der Waals surface area contributed by atoms with Gasteiger partial charge in [0.05, 0.1) is 16.5 Å². The van der Waals surface area contributed by atoms with Crippen molar-refractivity contribution in [2.24, 2.45) is 0 Å². The monoisotopic (exact) mass is 499 g/mol. The van der Waals surface area contributed by atoms with Gasteiger partial charge in [0.1, 0.15) is 29.9 Å². The summed E-state index contributed by atoms with van der Waals surface area (Å²) in [4.78, 5) is 24.7. The van der Waals surface area contributed by atoms with E-state index in [1.807, 2.05) is 13.8 Å². The summed E-state index contributed by atoms with van der Waals surface area (Å²) < 4.78 is 61.4. The predicted octanol–water partition coefficient (Wildman–Crippen LogP) is 5.21. The van der Waals surface area contributed by atoms with Crippen LogP contribution < -0.4 is 11.1 Å². The second kappa shape index (κ2) is 8.29. The summed E-state index contributed by atoms with van der Waals surface area (Å²) in [6.45, 7) is 3.76. The number of nitrogens with two attached hydrogens (primary N) is 1. The molecule has 0 aliphatic carbocycles. The number of nitrogen functional groups attached to an aromatic ring is 1. The Morgan fingerprint density at radius 2 is 1.94 bits per heavy atom. The molecule has 1 aromatic carbocycles. The maximum Gasteiger partial charge on any atom is 0.416 e. The quantitative estimate of drug-likeness (QED) is 0.325. The number of pyridine rings is 1. The zero-order valence-corrected chi connectivity index (χ0v) is 18.8. The van der Waals surface area contributed by atoms with Gasteiger partial charge in [-0.3, -0.25) is 4.79 Å². The number of nitrogens with one attached hydrogen (secondary N) is 1. The number of nitrogens with zero attached hydrogens (tertiary/aromatic N) is 5. The third-order valence-corrected chi connectivity index (χ3v) is 5.52. The number of hydrogen-bond donors (Lipinski definition) is 2. The fourth-order valence-electron chi connectivity index (χ4n) is 3.83. The molecule has 0 fully saturated rings. The normalized spacial score (nSPS) is 12.1. The van der Waals surface area contributed by atoms with Gasteiger partial charge < -0.3 is 15.5 Å². The van der Waals surface area contributed by atoms with Crippen LogP contribution in [0, 0.1) is 5.82 Å². The van der Waals surface area contributed by atoms with E-state index in [0.29, 0.717) is 17.1 Å². The summed E-state index contributed by atoms with van der Waals surface area (Å²) in [7, 11) is 0. The van der Waals surface area contributed by atoms with Crippen molar-refractivity contribution in [1.82, 2.24) is 24.7 Å². The van der Waals surface area contributed by atoms with E-state index in [-0.39, 0.29) is 45.5 Å². The van der Waals surface area contributed by atoms with Crippen LogP contribution in [-0.2, 0) is 6.18 Å². The molecular weight excluding hydrogens is 482 g/mol. The lowest BCUT2D eigenvalue weighted by Gasteiger charge is -2.08. The Hall–Kier alpha value is -4.55. The molecule has 5 aromatic rings. The first-order chi connectivity index (χ1) is 17.1. The molecule has 4 aromatic heterocycles. The SMILES string of the molecule is CC(C)n1nc(-c2ccc3c(C(=O)Nc4cc(C(F)(F)F)ccn4)coc3c2F)c2c(N)ncnc21. The molecule has 13 heteroatoms. The van der Waals surface area contributed by atoms with Gasteiger partial charge in [-0.25, -0.2) is 24.0 Å². The van der Waals surface area contributed by atoms with E-state index >= 15 is 4.39 Å². The van der Waals surface area contributed by atoms with Gasteiger partial charge in [0.25, 0.3) is 5.91 Å². The average molecular weight is 499 g/mol. The first-order valence-corrected chi connectivity index (χ1v) is 10.6. The summed E-state index contributed by atoms with van der Waals surface area (Å²) in [5.74, 6) is -1.82. The molecule has 0 radical (unpaired) electrons. The molecule has 5 rings (SSSR count). The molecule has 0 aliphatic heterocycles. The fourth-order valence-corrected chi connectivity index (χ4v) is 3.83. The van der Waals surface area contributed by atoms with Crippen LogP contribution in [0.5, 0.6) is 0 Å². The van der Waals surface area contributed by atoms with Crippen molar-refractivity contribution in [3.63, 3.8) is 0 Å². The Kier molecular flexibility index (Phi) is 5.34. The summed E-state index contributed by atoms with van der Waals surface area (Å²) in [6, 6.07) is 4.23. The first kappa shape index (κ1) is 23.2. The smallest absolute Gasteiger partial charge is 0.416 e. The molecule has 36 heavy (non-hydrogen) atoms. The zero-order valence-electron chi connectivity index (χ0n) is 18.8. The molecule has 9 nitrogen and oxygen atoms in total. The number of furan rings is 1. The van der Waals surface area contributed by atoms with E-state index in [0.717, 1.165) is 18.5 Å². The minimum atomic E-state index is -4.61. The summed E-state index contributed by atoms with van der Waals surface area (Å²) >= 11 is 0. The maximum absolute atomic E-state index is 15.6. The van der Waals surface area contributed by atoms with Gasteiger partial charge in [-0.1, -0.05) is 0 Å². The van der Waals surface area contributed by atoms with Crippen LogP contribution >= 0.6 is 0 Å². The number of anilines is 2. The number of carbonyl (C=O) groups excluding carboxylic acids is 1.